The summed E-state index contributed by atoms with van der Waals surface area (Å²) in [6.45, 7) is 6.02. The van der Waals surface area contributed by atoms with Crippen LogP contribution in [-0.2, 0) is 6.61 Å². The van der Waals surface area contributed by atoms with Gasteiger partial charge in [0, 0.05) is 10.9 Å². The molecule has 0 atom stereocenters. The molecule has 0 amide bonds. The number of aromatic carboxylic acids is 1. The molecule has 1 N–H and O–H groups in total. The van der Waals surface area contributed by atoms with E-state index in [-0.39, 0.29) is 17.4 Å². The molecule has 6 heteroatoms. The molecule has 0 aliphatic rings. The number of thiophene rings is 1. The molecule has 2 aromatic heterocycles. The van der Waals surface area contributed by atoms with Crippen molar-refractivity contribution < 1.29 is 19.2 Å². The molecule has 0 radical (unpaired) electrons. The maximum Gasteiger partial charge on any atom is 0.349 e. The fourth-order valence-electron chi connectivity index (χ4n) is 1.57. The molecule has 5 nitrogen and oxygen atoms in total. The summed E-state index contributed by atoms with van der Waals surface area (Å²) in [4.78, 5) is 12.4. The van der Waals surface area contributed by atoms with E-state index < -0.39 is 5.97 Å². The average molecular weight is 281 g/mol. The van der Waals surface area contributed by atoms with Crippen molar-refractivity contribution in [1.29, 1.82) is 0 Å². The molecule has 0 aromatic carbocycles. The Labute approximate surface area is 114 Å². The zero-order chi connectivity index (χ0) is 14.0. The number of ether oxygens (including phenoxy) is 1. The molecule has 0 saturated heterocycles. The number of aryl methyl sites for hydroxylation is 1. The summed E-state index contributed by atoms with van der Waals surface area (Å²) < 4.78 is 10.5. The number of carboxylic acids is 1. The number of rotatable bonds is 5. The highest BCUT2D eigenvalue weighted by Gasteiger charge is 2.18. The summed E-state index contributed by atoms with van der Waals surface area (Å²) in [5.41, 5.74) is 0.645. The monoisotopic (exact) mass is 281 g/mol. The third kappa shape index (κ3) is 3.14. The molecule has 0 unspecified atom stereocenters. The average Bonchev–Trinajstić information content (AvgIpc) is 2.92. The van der Waals surface area contributed by atoms with Gasteiger partial charge in [0.15, 0.2) is 4.88 Å². The van der Waals surface area contributed by atoms with Gasteiger partial charge in [-0.2, -0.15) is 0 Å². The van der Waals surface area contributed by atoms with E-state index in [9.17, 15) is 4.79 Å². The Morgan fingerprint density at radius 3 is 2.79 bits per heavy atom. The first-order valence-electron chi connectivity index (χ1n) is 5.89. The maximum atomic E-state index is 11.2. The van der Waals surface area contributed by atoms with Gasteiger partial charge in [-0.1, -0.05) is 19.0 Å². The molecule has 102 valence electrons. The van der Waals surface area contributed by atoms with Crippen LogP contribution in [0.3, 0.4) is 0 Å². The van der Waals surface area contributed by atoms with Crippen molar-refractivity contribution in [2.45, 2.75) is 33.3 Å². The second-order valence-corrected chi connectivity index (χ2v) is 5.60. The van der Waals surface area contributed by atoms with Crippen LogP contribution in [0.15, 0.2) is 16.7 Å². The van der Waals surface area contributed by atoms with E-state index in [2.05, 4.69) is 5.16 Å². The minimum atomic E-state index is -0.969. The van der Waals surface area contributed by atoms with Gasteiger partial charge in [-0.15, -0.1) is 11.3 Å². The van der Waals surface area contributed by atoms with E-state index in [0.29, 0.717) is 17.2 Å². The summed E-state index contributed by atoms with van der Waals surface area (Å²) in [6.07, 6.45) is 0. The molecular formula is C13H15NO4S. The van der Waals surface area contributed by atoms with Crippen LogP contribution in [0.25, 0.3) is 0 Å². The van der Waals surface area contributed by atoms with Crippen molar-refractivity contribution in [3.05, 3.63) is 33.3 Å². The van der Waals surface area contributed by atoms with Gasteiger partial charge in [0.25, 0.3) is 0 Å². The van der Waals surface area contributed by atoms with Crippen molar-refractivity contribution in [1.82, 2.24) is 5.16 Å². The zero-order valence-corrected chi connectivity index (χ0v) is 11.8. The summed E-state index contributed by atoms with van der Waals surface area (Å²) in [7, 11) is 0. The lowest BCUT2D eigenvalue weighted by atomic mass is 10.2. The molecular weight excluding hydrogens is 266 g/mol. The lowest BCUT2D eigenvalue weighted by molar-refractivity contribution is 0.0697. The standard InChI is InChI=1S/C13H15NO4S/c1-7(2)11-5-10(12(19-11)13(15)16)17-6-9-4-8(3)18-14-9/h4-5,7H,6H2,1-3H3,(H,15,16). The summed E-state index contributed by atoms with van der Waals surface area (Å²) in [5.74, 6) is 0.394. The van der Waals surface area contributed by atoms with Crippen molar-refractivity contribution in [3.8, 4) is 5.75 Å². The smallest absolute Gasteiger partial charge is 0.349 e. The Morgan fingerprint density at radius 2 is 2.26 bits per heavy atom. The third-order valence-electron chi connectivity index (χ3n) is 2.53. The lowest BCUT2D eigenvalue weighted by Gasteiger charge is -2.02. The predicted molar refractivity (Wildman–Crippen MR) is 70.9 cm³/mol. The van der Waals surface area contributed by atoms with E-state index in [1.807, 2.05) is 13.8 Å². The van der Waals surface area contributed by atoms with E-state index >= 15 is 0 Å². The molecule has 2 aromatic rings. The largest absolute Gasteiger partial charge is 0.485 e. The topological polar surface area (TPSA) is 72.6 Å². The fraction of sp³-hybridized carbons (Fsp3) is 0.385. The van der Waals surface area contributed by atoms with Gasteiger partial charge >= 0.3 is 5.97 Å². The van der Waals surface area contributed by atoms with Gasteiger partial charge in [-0.3, -0.25) is 0 Å². The number of carboxylic acid groups (broad SMARTS) is 1. The first-order valence-corrected chi connectivity index (χ1v) is 6.71. The Balaban J connectivity index is 2.16. The van der Waals surface area contributed by atoms with E-state index in [4.69, 9.17) is 14.4 Å². The van der Waals surface area contributed by atoms with Gasteiger partial charge in [0.05, 0.1) is 0 Å². The van der Waals surface area contributed by atoms with E-state index in [1.165, 1.54) is 11.3 Å². The van der Waals surface area contributed by atoms with Gasteiger partial charge in [-0.05, 0) is 18.9 Å². The van der Waals surface area contributed by atoms with Gasteiger partial charge in [-0.25, -0.2) is 4.79 Å². The quantitative estimate of drug-likeness (QED) is 0.908. The summed E-state index contributed by atoms with van der Waals surface area (Å²) >= 11 is 1.25. The number of carbonyl (C=O) groups is 1. The van der Waals surface area contributed by atoms with E-state index in [0.717, 1.165) is 4.88 Å². The lowest BCUT2D eigenvalue weighted by Crippen LogP contribution is -2.00. The van der Waals surface area contributed by atoms with Crippen LogP contribution < -0.4 is 4.74 Å². The molecule has 19 heavy (non-hydrogen) atoms. The highest BCUT2D eigenvalue weighted by atomic mass is 32.1. The molecule has 0 aliphatic heterocycles. The maximum absolute atomic E-state index is 11.2. The molecule has 0 fully saturated rings. The Bertz CT molecular complexity index is 585. The predicted octanol–water partition coefficient (Wildman–Crippen LogP) is 3.45. The van der Waals surface area contributed by atoms with Crippen LogP contribution in [0, 0.1) is 6.92 Å². The molecule has 0 bridgehead atoms. The Kier molecular flexibility index (Phi) is 3.90. The summed E-state index contributed by atoms with van der Waals surface area (Å²) in [6, 6.07) is 3.54. The zero-order valence-electron chi connectivity index (χ0n) is 11.0. The SMILES string of the molecule is Cc1cc(COc2cc(C(C)C)sc2C(=O)O)no1. The molecule has 2 rings (SSSR count). The van der Waals surface area contributed by atoms with Crippen molar-refractivity contribution >= 4 is 17.3 Å². The van der Waals surface area contributed by atoms with Crippen molar-refractivity contribution in [3.63, 3.8) is 0 Å². The first kappa shape index (κ1) is 13.6. The highest BCUT2D eigenvalue weighted by molar-refractivity contribution is 7.14. The van der Waals surface area contributed by atoms with Crippen LogP contribution >= 0.6 is 11.3 Å². The van der Waals surface area contributed by atoms with Gasteiger partial charge < -0.3 is 14.4 Å². The minimum absolute atomic E-state index is 0.200. The third-order valence-corrected chi connectivity index (χ3v) is 3.94. The second-order valence-electron chi connectivity index (χ2n) is 4.52. The van der Waals surface area contributed by atoms with Gasteiger partial charge in [0.2, 0.25) is 0 Å². The molecule has 0 aliphatic carbocycles. The van der Waals surface area contributed by atoms with Crippen LogP contribution in [0.4, 0.5) is 0 Å². The van der Waals surface area contributed by atoms with Crippen LogP contribution in [0.2, 0.25) is 0 Å². The normalized spacial score (nSPS) is 10.9. The van der Waals surface area contributed by atoms with E-state index in [1.54, 1.807) is 19.1 Å². The Hall–Kier alpha value is -1.82. The highest BCUT2D eigenvalue weighted by Crippen LogP contribution is 2.34. The number of hydrogen-bond donors (Lipinski definition) is 1. The Morgan fingerprint density at radius 1 is 1.53 bits per heavy atom. The molecule has 0 spiro atoms. The molecule has 2 heterocycles. The number of hydrogen-bond acceptors (Lipinski definition) is 5. The van der Waals surface area contributed by atoms with Crippen LogP contribution in [0.1, 0.15) is 45.8 Å². The number of nitrogens with zero attached hydrogens (tertiary/aromatic N) is 1. The van der Waals surface area contributed by atoms with Crippen molar-refractivity contribution in [2.24, 2.45) is 0 Å². The van der Waals surface area contributed by atoms with Crippen molar-refractivity contribution in [2.75, 3.05) is 0 Å². The fourth-order valence-corrected chi connectivity index (χ4v) is 2.51. The second kappa shape index (κ2) is 5.44. The van der Waals surface area contributed by atoms with Gasteiger partial charge in [0.1, 0.15) is 23.8 Å². The summed E-state index contributed by atoms with van der Waals surface area (Å²) in [5, 5.41) is 13.0. The van der Waals surface area contributed by atoms with Crippen LogP contribution in [-0.4, -0.2) is 16.2 Å². The number of aromatic nitrogens is 1. The minimum Gasteiger partial charge on any atom is -0.485 e. The molecule has 0 saturated carbocycles. The van der Waals surface area contributed by atoms with Crippen LogP contribution in [0.5, 0.6) is 5.75 Å². The first-order chi connectivity index (χ1) is 8.97.